The van der Waals surface area contributed by atoms with Gasteiger partial charge in [0.2, 0.25) is 5.91 Å². The van der Waals surface area contributed by atoms with Crippen molar-refractivity contribution >= 4 is 17.3 Å². The number of anilines is 1. The molecule has 26 heavy (non-hydrogen) atoms. The molecule has 2 aromatic carbocycles. The molecule has 0 fully saturated rings. The van der Waals surface area contributed by atoms with E-state index in [0.717, 1.165) is 5.56 Å². The van der Waals surface area contributed by atoms with Gasteiger partial charge in [0.1, 0.15) is 5.76 Å². The molecule has 1 amide bonds. The molecule has 7 nitrogen and oxygen atoms in total. The summed E-state index contributed by atoms with van der Waals surface area (Å²) in [6, 6.07) is 18.7. The lowest BCUT2D eigenvalue weighted by Crippen LogP contribution is -2.31. The molecule has 0 saturated carbocycles. The minimum atomic E-state index is -0.485. The summed E-state index contributed by atoms with van der Waals surface area (Å²) < 4.78 is 5.48. The molecule has 1 atom stereocenters. The molecule has 0 aliphatic rings. The third kappa shape index (κ3) is 4.34. The third-order valence-electron chi connectivity index (χ3n) is 3.79. The van der Waals surface area contributed by atoms with Crippen molar-refractivity contribution in [2.24, 2.45) is 0 Å². The molecule has 0 saturated heterocycles. The Labute approximate surface area is 149 Å². The molecule has 1 aromatic heterocycles. The highest BCUT2D eigenvalue weighted by Crippen LogP contribution is 2.22. The lowest BCUT2D eigenvalue weighted by atomic mass is 10.0. The van der Waals surface area contributed by atoms with E-state index in [-0.39, 0.29) is 24.2 Å². The first-order valence-electron chi connectivity index (χ1n) is 7.99. The Morgan fingerprint density at radius 1 is 1.04 bits per heavy atom. The van der Waals surface area contributed by atoms with Gasteiger partial charge in [-0.3, -0.25) is 20.2 Å². The molecule has 2 N–H and O–H groups in total. The number of nitrogens with one attached hydrogen (secondary N) is 2. The van der Waals surface area contributed by atoms with Gasteiger partial charge in [0.05, 0.1) is 23.8 Å². The van der Waals surface area contributed by atoms with Crippen LogP contribution < -0.4 is 10.6 Å². The van der Waals surface area contributed by atoms with Crippen molar-refractivity contribution in [2.45, 2.75) is 6.04 Å². The van der Waals surface area contributed by atoms with Crippen molar-refractivity contribution in [3.8, 4) is 0 Å². The van der Waals surface area contributed by atoms with Crippen LogP contribution >= 0.6 is 0 Å². The average Bonchev–Trinajstić information content (AvgIpc) is 3.17. The largest absolute Gasteiger partial charge is 0.467 e. The van der Waals surface area contributed by atoms with Crippen LogP contribution in [0, 0.1) is 10.1 Å². The number of amides is 1. The van der Waals surface area contributed by atoms with E-state index in [0.29, 0.717) is 11.4 Å². The van der Waals surface area contributed by atoms with Gasteiger partial charge < -0.3 is 9.73 Å². The fourth-order valence-electron chi connectivity index (χ4n) is 2.55. The summed E-state index contributed by atoms with van der Waals surface area (Å²) in [5.74, 6) is 0.450. The molecule has 0 unspecified atom stereocenters. The number of furan rings is 1. The Kier molecular flexibility index (Phi) is 5.40. The number of benzene rings is 2. The summed E-state index contributed by atoms with van der Waals surface area (Å²) in [5.41, 5.74) is 1.45. The van der Waals surface area contributed by atoms with E-state index < -0.39 is 4.92 Å². The number of nitro benzene ring substituents is 1. The van der Waals surface area contributed by atoms with Gasteiger partial charge in [-0.1, -0.05) is 30.3 Å². The molecule has 3 rings (SSSR count). The maximum Gasteiger partial charge on any atom is 0.269 e. The first kappa shape index (κ1) is 17.4. The van der Waals surface area contributed by atoms with Gasteiger partial charge in [0.25, 0.3) is 5.69 Å². The van der Waals surface area contributed by atoms with E-state index in [4.69, 9.17) is 4.42 Å². The molecule has 0 spiro atoms. The van der Waals surface area contributed by atoms with Crippen LogP contribution in [0.1, 0.15) is 17.4 Å². The second-order valence-electron chi connectivity index (χ2n) is 5.59. The Morgan fingerprint density at radius 2 is 1.77 bits per heavy atom. The van der Waals surface area contributed by atoms with Crippen molar-refractivity contribution in [3.05, 3.63) is 94.4 Å². The molecule has 132 valence electrons. The van der Waals surface area contributed by atoms with Crippen LogP contribution in [0.4, 0.5) is 11.4 Å². The number of carbonyl (C=O) groups excluding carboxylic acids is 1. The fourth-order valence-corrected chi connectivity index (χ4v) is 2.55. The number of hydrogen-bond acceptors (Lipinski definition) is 5. The smallest absolute Gasteiger partial charge is 0.269 e. The van der Waals surface area contributed by atoms with E-state index >= 15 is 0 Å². The summed E-state index contributed by atoms with van der Waals surface area (Å²) in [6.45, 7) is 0.0528. The lowest BCUT2D eigenvalue weighted by molar-refractivity contribution is -0.384. The molecule has 0 aliphatic carbocycles. The monoisotopic (exact) mass is 351 g/mol. The highest BCUT2D eigenvalue weighted by molar-refractivity contribution is 5.92. The molecule has 0 aliphatic heterocycles. The minimum absolute atomic E-state index is 0.0249. The van der Waals surface area contributed by atoms with Crippen molar-refractivity contribution in [1.82, 2.24) is 5.32 Å². The summed E-state index contributed by atoms with van der Waals surface area (Å²) in [4.78, 5) is 22.4. The predicted molar refractivity (Wildman–Crippen MR) is 96.7 cm³/mol. The summed E-state index contributed by atoms with van der Waals surface area (Å²) in [6.07, 6.45) is 1.59. The van der Waals surface area contributed by atoms with Crippen LogP contribution in [0.3, 0.4) is 0 Å². The standard InChI is InChI=1S/C19H17N3O4/c23-18(21-15-8-10-16(11-9-15)22(24)25)13-20-19(17-7-4-12-26-17)14-5-2-1-3-6-14/h1-12,19-20H,13H2,(H,21,23)/t19-/m0/s1. The van der Waals surface area contributed by atoms with Crippen molar-refractivity contribution in [1.29, 1.82) is 0 Å². The Bertz CT molecular complexity index is 862. The van der Waals surface area contributed by atoms with Gasteiger partial charge in [-0.2, -0.15) is 0 Å². The molecule has 0 bridgehead atoms. The highest BCUT2D eigenvalue weighted by Gasteiger charge is 2.17. The zero-order valence-electron chi connectivity index (χ0n) is 13.8. The normalized spacial score (nSPS) is 11.7. The second-order valence-corrected chi connectivity index (χ2v) is 5.59. The van der Waals surface area contributed by atoms with E-state index in [2.05, 4.69) is 10.6 Å². The van der Waals surface area contributed by atoms with Crippen LogP contribution in [0.25, 0.3) is 0 Å². The molecule has 1 heterocycles. The van der Waals surface area contributed by atoms with Gasteiger partial charge in [-0.25, -0.2) is 0 Å². The number of carbonyl (C=O) groups is 1. The molecular formula is C19H17N3O4. The van der Waals surface area contributed by atoms with Crippen molar-refractivity contribution < 1.29 is 14.1 Å². The zero-order chi connectivity index (χ0) is 18.4. The minimum Gasteiger partial charge on any atom is -0.467 e. The number of non-ortho nitro benzene ring substituents is 1. The van der Waals surface area contributed by atoms with Gasteiger partial charge >= 0.3 is 0 Å². The van der Waals surface area contributed by atoms with Crippen molar-refractivity contribution in [2.75, 3.05) is 11.9 Å². The maximum atomic E-state index is 12.2. The summed E-state index contributed by atoms with van der Waals surface area (Å²) in [7, 11) is 0. The van der Waals surface area contributed by atoms with Gasteiger partial charge in [0.15, 0.2) is 0 Å². The second kappa shape index (κ2) is 8.09. The number of nitrogens with zero attached hydrogens (tertiary/aromatic N) is 1. The quantitative estimate of drug-likeness (QED) is 0.501. The van der Waals surface area contributed by atoms with E-state index in [1.165, 1.54) is 24.3 Å². The number of nitro groups is 1. The average molecular weight is 351 g/mol. The SMILES string of the molecule is O=C(CN[C@@H](c1ccccc1)c1ccco1)Nc1ccc([N+](=O)[O-])cc1. The topological polar surface area (TPSA) is 97.4 Å². The summed E-state index contributed by atoms with van der Waals surface area (Å²) in [5, 5.41) is 16.5. The molecule has 3 aromatic rings. The number of rotatable bonds is 7. The Balaban J connectivity index is 1.63. The highest BCUT2D eigenvalue weighted by atomic mass is 16.6. The van der Waals surface area contributed by atoms with Crippen molar-refractivity contribution in [3.63, 3.8) is 0 Å². The molecule has 0 radical (unpaired) electrons. The third-order valence-corrected chi connectivity index (χ3v) is 3.79. The van der Waals surface area contributed by atoms with E-state index in [1.54, 1.807) is 12.3 Å². The van der Waals surface area contributed by atoms with Crippen LogP contribution in [-0.4, -0.2) is 17.4 Å². The van der Waals surface area contributed by atoms with Crippen LogP contribution in [0.5, 0.6) is 0 Å². The first-order chi connectivity index (χ1) is 12.6. The van der Waals surface area contributed by atoms with Gasteiger partial charge in [0, 0.05) is 17.8 Å². The summed E-state index contributed by atoms with van der Waals surface area (Å²) >= 11 is 0. The maximum absolute atomic E-state index is 12.2. The fraction of sp³-hybridized carbons (Fsp3) is 0.105. The lowest BCUT2D eigenvalue weighted by Gasteiger charge is -2.17. The molecule has 7 heteroatoms. The number of hydrogen-bond donors (Lipinski definition) is 2. The van der Waals surface area contributed by atoms with E-state index in [9.17, 15) is 14.9 Å². The van der Waals surface area contributed by atoms with Gasteiger partial charge in [-0.15, -0.1) is 0 Å². The van der Waals surface area contributed by atoms with Gasteiger partial charge in [-0.05, 0) is 29.8 Å². The predicted octanol–water partition coefficient (Wildman–Crippen LogP) is 3.51. The Morgan fingerprint density at radius 3 is 2.38 bits per heavy atom. The zero-order valence-corrected chi connectivity index (χ0v) is 13.8. The van der Waals surface area contributed by atoms with Crippen LogP contribution in [0.15, 0.2) is 77.4 Å². The first-order valence-corrected chi connectivity index (χ1v) is 7.99. The molecular weight excluding hydrogens is 334 g/mol. The van der Waals surface area contributed by atoms with Crippen LogP contribution in [0.2, 0.25) is 0 Å². The Hall–Kier alpha value is -3.45. The van der Waals surface area contributed by atoms with E-state index in [1.807, 2.05) is 36.4 Å². The van der Waals surface area contributed by atoms with Crippen LogP contribution in [-0.2, 0) is 4.79 Å².